The minimum absolute atomic E-state index is 0. The molecule has 0 aliphatic carbocycles. The van der Waals surface area contributed by atoms with Crippen LogP contribution in [0.2, 0.25) is 0 Å². The number of nitrogens with one attached hydrogen (secondary N) is 3. The molecule has 0 unspecified atom stereocenters. The summed E-state index contributed by atoms with van der Waals surface area (Å²) in [6, 6.07) is 12.8. The van der Waals surface area contributed by atoms with Crippen molar-refractivity contribution in [3.8, 4) is 5.75 Å². The number of phosphoric acid groups is 1. The first-order valence-corrected chi connectivity index (χ1v) is 14.4. The van der Waals surface area contributed by atoms with Crippen molar-refractivity contribution in [2.75, 3.05) is 43.5 Å². The monoisotopic (exact) mass is 623 g/mol. The molecule has 226 valence electrons. The number of halogens is 2. The molecule has 2 aromatic heterocycles. The highest BCUT2D eigenvalue weighted by molar-refractivity contribution is 7.46. The number of amides is 1. The number of nitrogens with zero attached hydrogens (tertiary/aromatic N) is 4. The Kier molecular flexibility index (Phi) is 12.2. The Morgan fingerprint density at radius 3 is 2.71 bits per heavy atom. The Balaban J connectivity index is 0.00000484. The zero-order valence-electron chi connectivity index (χ0n) is 22.7. The molecule has 0 atom stereocenters. The Bertz CT molecular complexity index is 1520. The molecule has 16 heteroatoms. The third-order valence-corrected chi connectivity index (χ3v) is 6.47. The molecular weight excluding hydrogens is 592 g/mol. The fourth-order valence-electron chi connectivity index (χ4n) is 4.00. The maximum absolute atomic E-state index is 13.3. The van der Waals surface area contributed by atoms with Crippen molar-refractivity contribution in [1.29, 1.82) is 0 Å². The number of phosphoric ester groups is 1. The molecule has 0 aliphatic rings. The Labute approximate surface area is 247 Å². The van der Waals surface area contributed by atoms with E-state index in [1.807, 2.05) is 24.0 Å². The predicted molar refractivity (Wildman–Crippen MR) is 158 cm³/mol. The zero-order chi connectivity index (χ0) is 29.2. The molecule has 13 nitrogen and oxygen atoms in total. The van der Waals surface area contributed by atoms with Crippen molar-refractivity contribution >= 4 is 54.4 Å². The first kappa shape index (κ1) is 32.9. The highest BCUT2D eigenvalue weighted by Crippen LogP contribution is 2.35. The molecule has 0 radical (unpaired) electrons. The summed E-state index contributed by atoms with van der Waals surface area (Å²) in [6.07, 6.45) is 2.15. The molecule has 0 saturated carbocycles. The normalized spacial score (nSPS) is 11.4. The van der Waals surface area contributed by atoms with E-state index in [1.54, 1.807) is 18.2 Å². The van der Waals surface area contributed by atoms with Crippen LogP contribution in [0.3, 0.4) is 0 Å². The fraction of sp³-hybridized carbons (Fsp3) is 0.308. The van der Waals surface area contributed by atoms with Gasteiger partial charge in [-0.3, -0.25) is 14.4 Å². The molecule has 5 N–H and O–H groups in total. The molecule has 2 aromatic carbocycles. The maximum atomic E-state index is 13.3. The van der Waals surface area contributed by atoms with Gasteiger partial charge >= 0.3 is 7.82 Å². The van der Waals surface area contributed by atoms with Gasteiger partial charge in [0.1, 0.15) is 23.7 Å². The largest absolute Gasteiger partial charge is 0.493 e. The summed E-state index contributed by atoms with van der Waals surface area (Å²) in [6.45, 7) is 4.16. The number of likely N-dealkylation sites (N-methyl/N-ethyl adjacent to an activating group) is 1. The minimum Gasteiger partial charge on any atom is -0.493 e. The lowest BCUT2D eigenvalue weighted by molar-refractivity contribution is -0.115. The lowest BCUT2D eigenvalue weighted by atomic mass is 10.2. The second-order valence-electron chi connectivity index (χ2n) is 9.00. The average Bonchev–Trinajstić information content (AvgIpc) is 3.35. The van der Waals surface area contributed by atoms with Crippen LogP contribution in [0.1, 0.15) is 19.0 Å². The summed E-state index contributed by atoms with van der Waals surface area (Å²) in [5, 5.41) is 13.5. The molecule has 0 saturated heterocycles. The first-order valence-electron chi connectivity index (χ1n) is 12.9. The third-order valence-electron chi connectivity index (χ3n) is 5.95. The van der Waals surface area contributed by atoms with Gasteiger partial charge in [0.25, 0.3) is 0 Å². The number of fused-ring (bicyclic) bond motifs is 1. The van der Waals surface area contributed by atoms with E-state index in [4.69, 9.17) is 14.5 Å². The Hall–Kier alpha value is -3.65. The van der Waals surface area contributed by atoms with Gasteiger partial charge in [-0.25, -0.2) is 18.9 Å². The van der Waals surface area contributed by atoms with Crippen LogP contribution in [0.15, 0.2) is 54.9 Å². The number of aromatic amines is 1. The van der Waals surface area contributed by atoms with Crippen molar-refractivity contribution in [2.45, 2.75) is 19.8 Å². The Morgan fingerprint density at radius 1 is 1.12 bits per heavy atom. The van der Waals surface area contributed by atoms with Gasteiger partial charge in [0.15, 0.2) is 5.82 Å². The molecule has 42 heavy (non-hydrogen) atoms. The zero-order valence-corrected chi connectivity index (χ0v) is 24.4. The van der Waals surface area contributed by atoms with Gasteiger partial charge in [0.2, 0.25) is 5.91 Å². The lowest BCUT2D eigenvalue weighted by Crippen LogP contribution is -2.29. The SMILES string of the molecule is CCN(CCCOc1ccc2c(Nc3cc(CC(=O)Nc4cccc(F)c4)[nH]n3)ncnc2c1)CCOP(=O)(O)O.Cl. The van der Waals surface area contributed by atoms with Gasteiger partial charge in [-0.2, -0.15) is 5.10 Å². The standard InChI is InChI=1S/C26H31FN7O6P.ClH/c1-2-34(10-12-40-41(36,37)38)9-4-11-39-21-7-8-22-23(16-21)28-17-29-26(22)31-24-14-20(32-33-24)15-25(35)30-19-6-3-5-18(27)13-19;/h3,5-8,13-14,16-17H,2,4,9-12,15H2,1H3,(H,30,35)(H2,36,37,38)(H2,28,29,31,32,33);1H. The van der Waals surface area contributed by atoms with E-state index < -0.39 is 13.6 Å². The van der Waals surface area contributed by atoms with Gasteiger partial charge in [-0.05, 0) is 43.3 Å². The summed E-state index contributed by atoms with van der Waals surface area (Å²) < 4.78 is 34.5. The summed E-state index contributed by atoms with van der Waals surface area (Å²) in [5.74, 6) is 0.880. The third kappa shape index (κ3) is 10.3. The van der Waals surface area contributed by atoms with Gasteiger partial charge in [-0.15, -0.1) is 12.4 Å². The van der Waals surface area contributed by atoms with Crippen molar-refractivity contribution in [3.63, 3.8) is 0 Å². The van der Waals surface area contributed by atoms with E-state index in [0.29, 0.717) is 66.9 Å². The van der Waals surface area contributed by atoms with Crippen molar-refractivity contribution in [1.82, 2.24) is 25.1 Å². The van der Waals surface area contributed by atoms with Crippen molar-refractivity contribution in [2.24, 2.45) is 0 Å². The highest BCUT2D eigenvalue weighted by atomic mass is 35.5. The van der Waals surface area contributed by atoms with Gasteiger partial charge in [0.05, 0.1) is 25.2 Å². The smallest absolute Gasteiger partial charge is 0.469 e. The molecule has 0 fully saturated rings. The van der Waals surface area contributed by atoms with Crippen LogP contribution in [-0.4, -0.2) is 73.6 Å². The fourth-order valence-corrected chi connectivity index (χ4v) is 4.32. The number of benzene rings is 2. The van der Waals surface area contributed by atoms with Crippen LogP contribution in [0.4, 0.5) is 21.7 Å². The predicted octanol–water partition coefficient (Wildman–Crippen LogP) is 4.04. The molecule has 0 bridgehead atoms. The van der Waals surface area contributed by atoms with Crippen LogP contribution >= 0.6 is 20.2 Å². The van der Waals surface area contributed by atoms with Crippen LogP contribution in [0, 0.1) is 5.82 Å². The average molecular weight is 624 g/mol. The van der Waals surface area contributed by atoms with E-state index in [-0.39, 0.29) is 31.3 Å². The molecule has 4 aromatic rings. The van der Waals surface area contributed by atoms with Crippen LogP contribution < -0.4 is 15.4 Å². The number of carbonyl (C=O) groups excluding carboxylic acids is 1. The molecule has 0 aliphatic heterocycles. The van der Waals surface area contributed by atoms with E-state index in [9.17, 15) is 13.8 Å². The van der Waals surface area contributed by atoms with Crippen LogP contribution in [-0.2, 0) is 20.3 Å². The highest BCUT2D eigenvalue weighted by Gasteiger charge is 2.14. The minimum atomic E-state index is -4.46. The molecular formula is C26H32ClFN7O6P. The maximum Gasteiger partial charge on any atom is 0.469 e. The van der Waals surface area contributed by atoms with E-state index >= 15 is 0 Å². The second-order valence-corrected chi connectivity index (χ2v) is 10.2. The van der Waals surface area contributed by atoms with Gasteiger partial charge < -0.3 is 30.1 Å². The van der Waals surface area contributed by atoms with Crippen molar-refractivity contribution < 1.29 is 32.8 Å². The number of carbonyl (C=O) groups is 1. The summed E-state index contributed by atoms with van der Waals surface area (Å²) >= 11 is 0. The molecule has 2 heterocycles. The van der Waals surface area contributed by atoms with Crippen LogP contribution in [0.25, 0.3) is 10.9 Å². The summed E-state index contributed by atoms with van der Waals surface area (Å²) in [7, 11) is -4.46. The van der Waals surface area contributed by atoms with Crippen LogP contribution in [0.5, 0.6) is 5.75 Å². The van der Waals surface area contributed by atoms with Gasteiger partial charge in [0, 0.05) is 42.0 Å². The van der Waals surface area contributed by atoms with Crippen molar-refractivity contribution in [3.05, 3.63) is 66.4 Å². The number of hydrogen-bond donors (Lipinski definition) is 5. The molecule has 1 amide bonds. The number of H-pyrrole nitrogens is 1. The topological polar surface area (TPSA) is 175 Å². The quantitative estimate of drug-likeness (QED) is 0.0954. The number of hydrogen-bond acceptors (Lipinski definition) is 9. The second kappa shape index (κ2) is 15.5. The number of rotatable bonds is 15. The van der Waals surface area contributed by atoms with E-state index in [1.165, 1.54) is 24.5 Å². The molecule has 4 rings (SSSR count). The number of anilines is 3. The van der Waals surface area contributed by atoms with E-state index in [0.717, 1.165) is 5.39 Å². The summed E-state index contributed by atoms with van der Waals surface area (Å²) in [4.78, 5) is 40.6. The number of aromatic nitrogens is 4. The van der Waals surface area contributed by atoms with E-state index in [2.05, 4.69) is 35.3 Å². The number of ether oxygens (including phenoxy) is 1. The lowest BCUT2D eigenvalue weighted by Gasteiger charge is -2.20. The molecule has 0 spiro atoms. The van der Waals surface area contributed by atoms with Gasteiger partial charge in [-0.1, -0.05) is 13.0 Å². The summed E-state index contributed by atoms with van der Waals surface area (Å²) in [5.41, 5.74) is 1.60. The first-order chi connectivity index (χ1) is 19.7. The Morgan fingerprint density at radius 2 is 1.95 bits per heavy atom.